The minimum Gasteiger partial charge on any atom is -0.450 e. The van der Waals surface area contributed by atoms with E-state index in [9.17, 15) is 14.4 Å². The number of carbonyl (C=O) groups is 3. The molecule has 1 saturated carbocycles. The molecule has 0 atom stereocenters. The first-order valence-electron chi connectivity index (χ1n) is 9.64. The molecule has 0 aromatic rings. The number of likely N-dealkylation sites (tertiary alicyclic amines) is 1. The second kappa shape index (κ2) is 7.68. The summed E-state index contributed by atoms with van der Waals surface area (Å²) in [6, 6.07) is 0.170. The number of esters is 1. The van der Waals surface area contributed by atoms with E-state index >= 15 is 0 Å². The Morgan fingerprint density at radius 2 is 1.88 bits per heavy atom. The maximum Gasteiger partial charge on any atom is 0.409 e. The number of ether oxygens (including phenoxy) is 2. The summed E-state index contributed by atoms with van der Waals surface area (Å²) in [6.45, 7) is 4.55. The average molecular weight is 364 g/mol. The normalized spacial score (nSPS) is 23.2. The molecule has 2 aliphatic heterocycles. The van der Waals surface area contributed by atoms with Crippen molar-refractivity contribution in [2.75, 3.05) is 19.7 Å². The first-order valence-corrected chi connectivity index (χ1v) is 9.64. The number of hydrogen-bond acceptors (Lipinski definition) is 5. The Hall–Kier alpha value is -2.05. The molecule has 0 radical (unpaired) electrons. The highest BCUT2D eigenvalue weighted by molar-refractivity contribution is 6.07. The average Bonchev–Trinajstić information content (AvgIpc) is 2.86. The number of piperidine rings is 1. The van der Waals surface area contributed by atoms with Gasteiger partial charge in [0.2, 0.25) is 0 Å². The van der Waals surface area contributed by atoms with Gasteiger partial charge in [0.15, 0.2) is 0 Å². The van der Waals surface area contributed by atoms with Crippen LogP contribution in [0.25, 0.3) is 0 Å². The van der Waals surface area contributed by atoms with Crippen LogP contribution < -0.4 is 5.32 Å². The number of nitrogens with zero attached hydrogens (tertiary/aromatic N) is 1. The Bertz CT molecular complexity index is 613. The first-order chi connectivity index (χ1) is 12.5. The summed E-state index contributed by atoms with van der Waals surface area (Å²) in [6.07, 6.45) is 5.90. The molecule has 1 saturated heterocycles. The van der Waals surface area contributed by atoms with Crippen LogP contribution in [0.5, 0.6) is 0 Å². The number of amides is 2. The predicted molar refractivity (Wildman–Crippen MR) is 94.4 cm³/mol. The minimum atomic E-state index is -0.914. The Morgan fingerprint density at radius 1 is 1.23 bits per heavy atom. The van der Waals surface area contributed by atoms with E-state index in [1.54, 1.807) is 18.7 Å². The Kier molecular flexibility index (Phi) is 5.53. The van der Waals surface area contributed by atoms with E-state index < -0.39 is 11.6 Å². The van der Waals surface area contributed by atoms with Crippen LogP contribution in [-0.2, 0) is 19.1 Å². The van der Waals surface area contributed by atoms with Crippen LogP contribution in [-0.4, -0.2) is 54.2 Å². The van der Waals surface area contributed by atoms with Crippen LogP contribution >= 0.6 is 0 Å². The van der Waals surface area contributed by atoms with E-state index in [0.29, 0.717) is 43.7 Å². The van der Waals surface area contributed by atoms with Crippen LogP contribution in [0.3, 0.4) is 0 Å². The molecule has 2 heterocycles. The van der Waals surface area contributed by atoms with Crippen molar-refractivity contribution in [2.24, 2.45) is 0 Å². The van der Waals surface area contributed by atoms with E-state index in [-0.39, 0.29) is 18.0 Å². The number of rotatable bonds is 3. The van der Waals surface area contributed by atoms with Gasteiger partial charge in [0.25, 0.3) is 5.91 Å². The monoisotopic (exact) mass is 364 g/mol. The van der Waals surface area contributed by atoms with Gasteiger partial charge in [-0.05, 0) is 26.7 Å². The third-order valence-corrected chi connectivity index (χ3v) is 5.69. The molecular weight excluding hydrogens is 336 g/mol. The van der Waals surface area contributed by atoms with Gasteiger partial charge in [-0.2, -0.15) is 0 Å². The molecule has 0 unspecified atom stereocenters. The molecule has 0 aromatic carbocycles. The highest BCUT2D eigenvalue weighted by Crippen LogP contribution is 2.41. The molecule has 2 fully saturated rings. The molecule has 2 amide bonds. The molecule has 3 rings (SSSR count). The van der Waals surface area contributed by atoms with Gasteiger partial charge < -0.3 is 19.7 Å². The van der Waals surface area contributed by atoms with E-state index in [1.807, 2.05) is 0 Å². The molecule has 0 aromatic heterocycles. The van der Waals surface area contributed by atoms with Gasteiger partial charge in [0.05, 0.1) is 12.2 Å². The van der Waals surface area contributed by atoms with Gasteiger partial charge >= 0.3 is 12.1 Å². The molecule has 7 nitrogen and oxygen atoms in total. The summed E-state index contributed by atoms with van der Waals surface area (Å²) >= 11 is 0. The summed E-state index contributed by atoms with van der Waals surface area (Å²) in [4.78, 5) is 38.7. The van der Waals surface area contributed by atoms with Crippen molar-refractivity contribution in [3.8, 4) is 0 Å². The van der Waals surface area contributed by atoms with Crippen LogP contribution in [0, 0.1) is 0 Å². The molecule has 1 aliphatic carbocycles. The molecule has 1 spiro atoms. The third-order valence-electron chi connectivity index (χ3n) is 5.69. The minimum absolute atomic E-state index is 0.170. The van der Waals surface area contributed by atoms with Crippen LogP contribution in [0.1, 0.15) is 58.8 Å². The smallest absolute Gasteiger partial charge is 0.409 e. The summed E-state index contributed by atoms with van der Waals surface area (Å²) in [5.41, 5.74) is -0.0670. The number of carbonyl (C=O) groups excluding carboxylic acids is 3. The van der Waals surface area contributed by atoms with Crippen molar-refractivity contribution in [3.05, 3.63) is 11.1 Å². The molecule has 3 aliphatic rings. The summed E-state index contributed by atoms with van der Waals surface area (Å²) in [5, 5.41) is 3.10. The lowest BCUT2D eigenvalue weighted by Gasteiger charge is -2.39. The summed E-state index contributed by atoms with van der Waals surface area (Å²) < 4.78 is 10.7. The van der Waals surface area contributed by atoms with Gasteiger partial charge in [-0.3, -0.25) is 4.79 Å². The quantitative estimate of drug-likeness (QED) is 0.777. The largest absolute Gasteiger partial charge is 0.450 e. The van der Waals surface area contributed by atoms with Gasteiger partial charge in [-0.15, -0.1) is 0 Å². The fourth-order valence-corrected chi connectivity index (χ4v) is 4.25. The second-order valence-electron chi connectivity index (χ2n) is 7.38. The van der Waals surface area contributed by atoms with Crippen molar-refractivity contribution in [1.29, 1.82) is 0 Å². The van der Waals surface area contributed by atoms with E-state index in [1.165, 1.54) is 6.42 Å². The first kappa shape index (κ1) is 18.7. The van der Waals surface area contributed by atoms with Crippen molar-refractivity contribution in [2.45, 2.75) is 70.4 Å². The topological polar surface area (TPSA) is 84.9 Å². The Balaban J connectivity index is 1.72. The molecule has 7 heteroatoms. The zero-order valence-corrected chi connectivity index (χ0v) is 15.6. The van der Waals surface area contributed by atoms with Gasteiger partial charge in [0, 0.05) is 37.5 Å². The fourth-order valence-electron chi connectivity index (χ4n) is 4.25. The van der Waals surface area contributed by atoms with Gasteiger partial charge in [-0.25, -0.2) is 9.59 Å². The lowest BCUT2D eigenvalue weighted by atomic mass is 9.82. The highest BCUT2D eigenvalue weighted by Gasteiger charge is 2.51. The number of hydrogen-bond donors (Lipinski definition) is 1. The van der Waals surface area contributed by atoms with E-state index in [2.05, 4.69) is 5.32 Å². The SMILES string of the molecule is CCOC(=O)N1CCC2(CC1)OC(=O)C(C)=C2C(=O)NC1CCCCC1. The maximum absolute atomic E-state index is 13.0. The second-order valence-corrected chi connectivity index (χ2v) is 7.38. The lowest BCUT2D eigenvalue weighted by Crippen LogP contribution is -2.51. The van der Waals surface area contributed by atoms with Crippen molar-refractivity contribution >= 4 is 18.0 Å². The van der Waals surface area contributed by atoms with Crippen LogP contribution in [0.2, 0.25) is 0 Å². The predicted octanol–water partition coefficient (Wildman–Crippen LogP) is 2.30. The van der Waals surface area contributed by atoms with Gasteiger partial charge in [-0.1, -0.05) is 19.3 Å². The molecular formula is C19H28N2O5. The highest BCUT2D eigenvalue weighted by atomic mass is 16.6. The van der Waals surface area contributed by atoms with Crippen LogP contribution in [0.4, 0.5) is 4.79 Å². The molecule has 144 valence electrons. The fraction of sp³-hybridized carbons (Fsp3) is 0.737. The summed E-state index contributed by atoms with van der Waals surface area (Å²) in [7, 11) is 0. The molecule has 0 bridgehead atoms. The summed E-state index contributed by atoms with van der Waals surface area (Å²) in [5.74, 6) is -0.617. The maximum atomic E-state index is 13.0. The Morgan fingerprint density at radius 3 is 2.50 bits per heavy atom. The zero-order valence-electron chi connectivity index (χ0n) is 15.6. The number of nitrogens with one attached hydrogen (secondary N) is 1. The molecule has 26 heavy (non-hydrogen) atoms. The van der Waals surface area contributed by atoms with Crippen molar-refractivity contribution < 1.29 is 23.9 Å². The Labute approximate surface area is 154 Å². The zero-order chi connectivity index (χ0) is 18.7. The van der Waals surface area contributed by atoms with Crippen molar-refractivity contribution in [3.63, 3.8) is 0 Å². The molecule has 1 N–H and O–H groups in total. The van der Waals surface area contributed by atoms with Crippen molar-refractivity contribution in [1.82, 2.24) is 10.2 Å². The van der Waals surface area contributed by atoms with Gasteiger partial charge in [0.1, 0.15) is 5.60 Å². The van der Waals surface area contributed by atoms with Crippen LogP contribution in [0.15, 0.2) is 11.1 Å². The standard InChI is InChI=1S/C19H28N2O5/c1-3-25-18(24)21-11-9-19(10-12-21)15(13(2)17(23)26-19)16(22)20-14-7-5-4-6-8-14/h14H,3-12H2,1-2H3,(H,20,22). The van der Waals surface area contributed by atoms with E-state index in [0.717, 1.165) is 25.7 Å². The van der Waals surface area contributed by atoms with E-state index in [4.69, 9.17) is 9.47 Å². The third kappa shape index (κ3) is 3.57. The lowest BCUT2D eigenvalue weighted by molar-refractivity contribution is -0.150.